The molecule has 2 unspecified atom stereocenters. The van der Waals surface area contributed by atoms with Crippen LogP contribution in [0.15, 0.2) is 61.3 Å². The van der Waals surface area contributed by atoms with Crippen LogP contribution in [0.4, 0.5) is 8.78 Å². The molecule has 2 heterocycles. The van der Waals surface area contributed by atoms with Crippen molar-refractivity contribution < 1.29 is 45.1 Å². The van der Waals surface area contributed by atoms with Crippen molar-refractivity contribution in [1.29, 1.82) is 0 Å². The molecule has 1 aliphatic heterocycles. The average molecular weight is 843 g/mol. The van der Waals surface area contributed by atoms with Crippen molar-refractivity contribution in [2.24, 2.45) is 0 Å². The maximum atomic E-state index is 14.7. The SMILES string of the molecule is CCC(NS(=O)(=O)c1cc(F)c(Br)cc1F)(C(=O)ON1C=C(CC(=O)O)SC1NS(=O)(=O)c1ccc(Cl)c(Cl)c1Cl)c1cncs1. The van der Waals surface area contributed by atoms with E-state index in [0.717, 1.165) is 29.8 Å². The second-order valence-corrected chi connectivity index (χ2v) is 16.5. The first-order valence-corrected chi connectivity index (χ1v) is 18.9. The van der Waals surface area contributed by atoms with Crippen LogP contribution in [0.2, 0.25) is 15.1 Å². The first-order chi connectivity index (χ1) is 21.4. The Morgan fingerprint density at radius 3 is 2.41 bits per heavy atom. The second kappa shape index (κ2) is 14.2. The number of sulfonamides is 2. The average Bonchev–Trinajstić information content (AvgIpc) is 3.62. The lowest BCUT2D eigenvalue weighted by molar-refractivity contribution is -0.189. The summed E-state index contributed by atoms with van der Waals surface area (Å²) in [5.74, 6) is -5.10. The standard InChI is InChI=1S/C24H18BrCl3F2N4O8S4/c1-2-24(18-8-31-10-43-18,33-46(40,41)17-7-14(29)12(25)6-15(17)30)22(37)42-34-9-11(5-19(35)36)44-23(34)32-45(38,39)16-4-3-13(26)20(27)21(16)28/h3-4,6-10,23,32-33H,2,5H2,1H3,(H,35,36). The molecule has 0 fully saturated rings. The lowest BCUT2D eigenvalue weighted by Crippen LogP contribution is -2.54. The molecule has 2 atom stereocenters. The number of nitrogens with zero attached hydrogens (tertiary/aromatic N) is 2. The predicted molar refractivity (Wildman–Crippen MR) is 170 cm³/mol. The number of rotatable bonds is 12. The molecule has 0 bridgehead atoms. The monoisotopic (exact) mass is 840 g/mol. The number of aliphatic carboxylic acids is 1. The molecule has 0 saturated carbocycles. The molecule has 0 saturated heterocycles. The normalized spacial score (nSPS) is 16.6. The molecule has 3 N–H and O–H groups in total. The molecule has 1 aromatic heterocycles. The van der Waals surface area contributed by atoms with Gasteiger partial charge in [0, 0.05) is 11.1 Å². The maximum Gasteiger partial charge on any atom is 0.358 e. The van der Waals surface area contributed by atoms with Gasteiger partial charge in [0.15, 0.2) is 11.0 Å². The summed E-state index contributed by atoms with van der Waals surface area (Å²) in [6.45, 7) is 1.39. The lowest BCUT2D eigenvalue weighted by Gasteiger charge is -2.32. The highest BCUT2D eigenvalue weighted by molar-refractivity contribution is 9.10. The van der Waals surface area contributed by atoms with Crippen molar-refractivity contribution in [3.8, 4) is 0 Å². The summed E-state index contributed by atoms with van der Waals surface area (Å²) in [5.41, 5.74) is -2.59. The number of thiazole rings is 1. The van der Waals surface area contributed by atoms with Crippen LogP contribution in [0.5, 0.6) is 0 Å². The molecular weight excluding hydrogens is 825 g/mol. The Bertz CT molecular complexity index is 1960. The quantitative estimate of drug-likeness (QED) is 0.148. The van der Waals surface area contributed by atoms with Gasteiger partial charge in [-0.2, -0.15) is 14.5 Å². The highest BCUT2D eigenvalue weighted by Gasteiger charge is 2.48. The van der Waals surface area contributed by atoms with Gasteiger partial charge in [-0.1, -0.05) is 53.5 Å². The number of carboxylic acid groups (broad SMARTS) is 1. The van der Waals surface area contributed by atoms with Crippen molar-refractivity contribution in [3.05, 3.63) is 83.1 Å². The van der Waals surface area contributed by atoms with Crippen LogP contribution in [0.3, 0.4) is 0 Å². The highest BCUT2D eigenvalue weighted by atomic mass is 79.9. The molecule has 1 aliphatic rings. The van der Waals surface area contributed by atoms with Crippen LogP contribution < -0.4 is 9.44 Å². The summed E-state index contributed by atoms with van der Waals surface area (Å²) in [4.78, 5) is 33.1. The van der Waals surface area contributed by atoms with Crippen LogP contribution in [0, 0.1) is 11.6 Å². The molecule has 0 spiro atoms. The van der Waals surface area contributed by atoms with E-state index in [1.54, 1.807) is 0 Å². The number of carbonyl (C=O) groups is 2. The minimum absolute atomic E-state index is 0.0251. The van der Waals surface area contributed by atoms with Gasteiger partial charge in [0.1, 0.15) is 21.4 Å². The molecule has 46 heavy (non-hydrogen) atoms. The van der Waals surface area contributed by atoms with Gasteiger partial charge in [-0.05, 0) is 46.6 Å². The molecular formula is C24H18BrCl3F2N4O8S4. The van der Waals surface area contributed by atoms with Crippen molar-refractivity contribution in [2.75, 3.05) is 0 Å². The lowest BCUT2D eigenvalue weighted by atomic mass is 9.96. The van der Waals surface area contributed by atoms with Crippen LogP contribution in [0.1, 0.15) is 24.6 Å². The number of thioether (sulfide) groups is 1. The van der Waals surface area contributed by atoms with Gasteiger partial charge in [0.2, 0.25) is 20.0 Å². The first kappa shape index (κ1) is 36.8. The summed E-state index contributed by atoms with van der Waals surface area (Å²) in [7, 11) is -9.55. The Kier molecular flexibility index (Phi) is 11.3. The van der Waals surface area contributed by atoms with E-state index in [0.29, 0.717) is 29.0 Å². The minimum atomic E-state index is -5.00. The summed E-state index contributed by atoms with van der Waals surface area (Å²) in [6, 6.07) is 3.24. The molecule has 3 aromatic rings. The van der Waals surface area contributed by atoms with Crippen LogP contribution >= 0.6 is 73.8 Å². The van der Waals surface area contributed by atoms with Gasteiger partial charge in [0.05, 0.1) is 42.5 Å². The summed E-state index contributed by atoms with van der Waals surface area (Å²) < 4.78 is 86.5. The largest absolute Gasteiger partial charge is 0.481 e. The number of hydrogen-bond acceptors (Lipinski definition) is 11. The van der Waals surface area contributed by atoms with Crippen molar-refractivity contribution in [2.45, 2.75) is 40.6 Å². The van der Waals surface area contributed by atoms with E-state index < -0.39 is 75.9 Å². The van der Waals surface area contributed by atoms with Crippen molar-refractivity contribution >= 4 is 106 Å². The van der Waals surface area contributed by atoms with E-state index in [2.05, 4.69) is 30.4 Å². The number of carboxylic acids is 1. The number of benzene rings is 2. The Morgan fingerprint density at radius 2 is 1.80 bits per heavy atom. The number of hydroxylamine groups is 2. The zero-order chi connectivity index (χ0) is 34.2. The maximum absolute atomic E-state index is 14.7. The summed E-state index contributed by atoms with van der Waals surface area (Å²) in [6.07, 6.45) is 1.19. The third-order valence-electron chi connectivity index (χ3n) is 6.13. The predicted octanol–water partition coefficient (Wildman–Crippen LogP) is 5.81. The molecule has 22 heteroatoms. The van der Waals surface area contributed by atoms with Gasteiger partial charge in [-0.15, -0.1) is 11.3 Å². The molecule has 12 nitrogen and oxygen atoms in total. The fraction of sp³-hybridized carbons (Fsp3) is 0.208. The van der Waals surface area contributed by atoms with Gasteiger partial charge >= 0.3 is 11.9 Å². The fourth-order valence-electron chi connectivity index (χ4n) is 3.91. The first-order valence-electron chi connectivity index (χ1n) is 12.2. The second-order valence-electron chi connectivity index (χ2n) is 9.10. The number of carbonyl (C=O) groups excluding carboxylic acids is 1. The summed E-state index contributed by atoms with van der Waals surface area (Å²) >= 11 is 22.3. The van der Waals surface area contributed by atoms with Crippen LogP contribution in [-0.4, -0.2) is 49.4 Å². The molecule has 2 aromatic carbocycles. The van der Waals surface area contributed by atoms with Gasteiger partial charge < -0.3 is 9.94 Å². The van der Waals surface area contributed by atoms with Crippen molar-refractivity contribution in [3.63, 3.8) is 0 Å². The smallest absolute Gasteiger partial charge is 0.358 e. The number of halogens is 6. The molecule has 0 amide bonds. The van der Waals surface area contributed by atoms with E-state index in [1.165, 1.54) is 18.5 Å². The highest BCUT2D eigenvalue weighted by Crippen LogP contribution is 2.40. The van der Waals surface area contributed by atoms with E-state index in [-0.39, 0.29) is 30.7 Å². The molecule has 248 valence electrons. The van der Waals surface area contributed by atoms with Gasteiger partial charge in [-0.3, -0.25) is 9.78 Å². The molecule has 0 radical (unpaired) electrons. The Balaban J connectivity index is 1.73. The third kappa shape index (κ3) is 7.63. The number of hydrogen-bond donors (Lipinski definition) is 3. The van der Waals surface area contributed by atoms with Crippen molar-refractivity contribution in [1.82, 2.24) is 19.5 Å². The Morgan fingerprint density at radius 1 is 1.11 bits per heavy atom. The van der Waals surface area contributed by atoms with E-state index in [1.807, 2.05) is 0 Å². The Hall–Kier alpha value is -2.07. The molecule has 4 rings (SSSR count). The van der Waals surface area contributed by atoms with E-state index in [9.17, 15) is 40.3 Å². The third-order valence-corrected chi connectivity index (χ3v) is 13.3. The Labute approximate surface area is 292 Å². The van der Waals surface area contributed by atoms with E-state index >= 15 is 0 Å². The van der Waals surface area contributed by atoms with E-state index in [4.69, 9.17) is 39.6 Å². The van der Waals surface area contributed by atoms with Crippen LogP contribution in [-0.2, 0) is 40.0 Å². The topological polar surface area (TPSA) is 172 Å². The zero-order valence-electron chi connectivity index (χ0n) is 22.6. The zero-order valence-corrected chi connectivity index (χ0v) is 29.8. The number of aromatic nitrogens is 1. The summed E-state index contributed by atoms with van der Waals surface area (Å²) in [5, 5.41) is 9.26. The fourth-order valence-corrected chi connectivity index (χ4v) is 10.0. The number of nitrogens with one attached hydrogen (secondary N) is 2. The minimum Gasteiger partial charge on any atom is -0.481 e. The molecule has 0 aliphatic carbocycles. The van der Waals surface area contributed by atoms with Gasteiger partial charge in [0.25, 0.3) is 0 Å². The van der Waals surface area contributed by atoms with Crippen LogP contribution in [0.25, 0.3) is 0 Å². The van der Waals surface area contributed by atoms with Gasteiger partial charge in [-0.25, -0.2) is 30.4 Å².